The Kier molecular flexibility index (Phi) is 4.36. The van der Waals surface area contributed by atoms with E-state index in [1.807, 2.05) is 20.8 Å². The lowest BCUT2D eigenvalue weighted by atomic mass is 9.89. The number of hydrogen-bond acceptors (Lipinski definition) is 4. The first-order valence-corrected chi connectivity index (χ1v) is 7.11. The number of halogens is 1. The maximum Gasteiger partial charge on any atom is 0.128 e. The molecule has 0 saturated carbocycles. The third-order valence-corrected chi connectivity index (χ3v) is 3.60. The number of aliphatic hydroxyl groups excluding tert-OH is 1. The second-order valence-electron chi connectivity index (χ2n) is 6.09. The van der Waals surface area contributed by atoms with E-state index in [9.17, 15) is 10.4 Å². The summed E-state index contributed by atoms with van der Waals surface area (Å²) in [5, 5.41) is 23.7. The molecule has 2 rings (SSSR count). The quantitative estimate of drug-likeness (QED) is 0.909. The molecule has 4 nitrogen and oxygen atoms in total. The third kappa shape index (κ3) is 3.63. The highest BCUT2D eigenvalue weighted by molar-refractivity contribution is 6.31. The molecular weight excluding hydrogens is 286 g/mol. The van der Waals surface area contributed by atoms with Crippen molar-refractivity contribution >= 4 is 28.3 Å². The van der Waals surface area contributed by atoms with E-state index in [1.165, 1.54) is 0 Å². The van der Waals surface area contributed by atoms with Crippen molar-refractivity contribution in [3.8, 4) is 6.07 Å². The summed E-state index contributed by atoms with van der Waals surface area (Å²) in [6.07, 6.45) is -0.509. The van der Waals surface area contributed by atoms with E-state index in [0.717, 1.165) is 5.39 Å². The van der Waals surface area contributed by atoms with Crippen LogP contribution in [0.25, 0.3) is 10.9 Å². The second kappa shape index (κ2) is 5.88. The van der Waals surface area contributed by atoms with E-state index >= 15 is 0 Å². The van der Waals surface area contributed by atoms with Crippen LogP contribution >= 0.6 is 11.6 Å². The fraction of sp³-hybridized carbons (Fsp3) is 0.375. The zero-order valence-electron chi connectivity index (χ0n) is 12.3. The van der Waals surface area contributed by atoms with Gasteiger partial charge in [-0.3, -0.25) is 0 Å². The normalized spacial score (nSPS) is 13.0. The van der Waals surface area contributed by atoms with Crippen LogP contribution in [-0.2, 0) is 0 Å². The molecule has 0 radical (unpaired) electrons. The number of nitrogens with zero attached hydrogens (tertiary/aromatic N) is 2. The zero-order valence-corrected chi connectivity index (χ0v) is 13.1. The van der Waals surface area contributed by atoms with Crippen molar-refractivity contribution in [3.63, 3.8) is 0 Å². The molecule has 0 bridgehead atoms. The van der Waals surface area contributed by atoms with Crippen LogP contribution in [0.4, 0.5) is 5.82 Å². The molecule has 0 aliphatic rings. The number of nitrogens with one attached hydrogen (secondary N) is 1. The van der Waals surface area contributed by atoms with Gasteiger partial charge in [0.2, 0.25) is 0 Å². The Bertz CT molecular complexity index is 701. The largest absolute Gasteiger partial charge is 0.391 e. The smallest absolute Gasteiger partial charge is 0.128 e. The molecule has 0 spiro atoms. The number of fused-ring (bicyclic) bond motifs is 1. The number of pyridine rings is 1. The molecule has 1 atom stereocenters. The predicted molar refractivity (Wildman–Crippen MR) is 85.4 cm³/mol. The molecule has 0 fully saturated rings. The minimum absolute atomic E-state index is 0.213. The van der Waals surface area contributed by atoms with Gasteiger partial charge in [-0.05, 0) is 29.7 Å². The van der Waals surface area contributed by atoms with E-state index in [1.54, 1.807) is 24.3 Å². The Morgan fingerprint density at radius 1 is 1.38 bits per heavy atom. The molecule has 0 aliphatic heterocycles. The SMILES string of the molecule is CC(C)(C)C(O)CNc1cc(C#N)c2cc(Cl)ccc2n1. The van der Waals surface area contributed by atoms with Crippen LogP contribution in [0.1, 0.15) is 26.3 Å². The van der Waals surface area contributed by atoms with E-state index < -0.39 is 6.10 Å². The topological polar surface area (TPSA) is 68.9 Å². The van der Waals surface area contributed by atoms with Gasteiger partial charge < -0.3 is 10.4 Å². The Balaban J connectivity index is 2.30. The van der Waals surface area contributed by atoms with Crippen LogP contribution in [0, 0.1) is 16.7 Å². The van der Waals surface area contributed by atoms with Crippen molar-refractivity contribution < 1.29 is 5.11 Å². The van der Waals surface area contributed by atoms with Gasteiger partial charge in [-0.1, -0.05) is 32.4 Å². The Morgan fingerprint density at radius 2 is 2.10 bits per heavy atom. The minimum atomic E-state index is -0.509. The number of aliphatic hydroxyl groups is 1. The van der Waals surface area contributed by atoms with Crippen molar-refractivity contribution in [1.29, 1.82) is 5.26 Å². The van der Waals surface area contributed by atoms with Gasteiger partial charge in [0, 0.05) is 17.0 Å². The Labute approximate surface area is 129 Å². The van der Waals surface area contributed by atoms with Crippen LogP contribution < -0.4 is 5.32 Å². The summed E-state index contributed by atoms with van der Waals surface area (Å²) in [4.78, 5) is 4.45. The fourth-order valence-corrected chi connectivity index (χ4v) is 2.06. The Morgan fingerprint density at radius 3 is 2.71 bits per heavy atom. The predicted octanol–water partition coefficient (Wildman–Crippen LogP) is 3.58. The summed E-state index contributed by atoms with van der Waals surface area (Å²) in [5.74, 6) is 0.574. The van der Waals surface area contributed by atoms with E-state index in [0.29, 0.717) is 28.5 Å². The summed E-state index contributed by atoms with van der Waals surface area (Å²) in [5.41, 5.74) is 0.997. The molecule has 2 N–H and O–H groups in total. The first-order valence-electron chi connectivity index (χ1n) is 6.73. The fourth-order valence-electron chi connectivity index (χ4n) is 1.89. The molecule has 0 saturated heterocycles. The summed E-state index contributed by atoms with van der Waals surface area (Å²) < 4.78 is 0. The number of anilines is 1. The van der Waals surface area contributed by atoms with Crippen molar-refractivity contribution in [2.75, 3.05) is 11.9 Å². The zero-order chi connectivity index (χ0) is 15.6. The number of benzene rings is 1. The monoisotopic (exact) mass is 303 g/mol. The highest BCUT2D eigenvalue weighted by Gasteiger charge is 2.21. The number of hydrogen-bond donors (Lipinski definition) is 2. The third-order valence-electron chi connectivity index (χ3n) is 3.37. The van der Waals surface area contributed by atoms with Crippen LogP contribution in [0.2, 0.25) is 5.02 Å². The lowest BCUT2D eigenvalue weighted by Gasteiger charge is -2.26. The summed E-state index contributed by atoms with van der Waals surface area (Å²) in [6, 6.07) is 9.08. The van der Waals surface area contributed by atoms with Crippen LogP contribution in [0.5, 0.6) is 0 Å². The van der Waals surface area contributed by atoms with Crippen LogP contribution in [0.3, 0.4) is 0 Å². The van der Waals surface area contributed by atoms with Gasteiger partial charge in [-0.2, -0.15) is 5.26 Å². The molecular formula is C16H18ClN3O. The van der Waals surface area contributed by atoms with Crippen LogP contribution in [0.15, 0.2) is 24.3 Å². The summed E-state index contributed by atoms with van der Waals surface area (Å²) in [7, 11) is 0. The highest BCUT2D eigenvalue weighted by atomic mass is 35.5. The standard InChI is InChI=1S/C16H18ClN3O/c1-16(2,3)14(21)9-19-15-6-10(8-18)12-7-11(17)4-5-13(12)20-15/h4-7,14,21H,9H2,1-3H3,(H,19,20). The summed E-state index contributed by atoms with van der Waals surface area (Å²) in [6.45, 7) is 6.28. The minimum Gasteiger partial charge on any atom is -0.391 e. The van der Waals surface area contributed by atoms with Crippen molar-refractivity contribution in [2.45, 2.75) is 26.9 Å². The maximum atomic E-state index is 10.1. The maximum absolute atomic E-state index is 10.1. The van der Waals surface area contributed by atoms with Gasteiger partial charge in [-0.25, -0.2) is 4.98 Å². The summed E-state index contributed by atoms with van der Waals surface area (Å²) >= 11 is 5.95. The first-order chi connectivity index (χ1) is 9.81. The lowest BCUT2D eigenvalue weighted by molar-refractivity contribution is 0.0745. The molecule has 0 aliphatic carbocycles. The van der Waals surface area contributed by atoms with Gasteiger partial charge in [0.25, 0.3) is 0 Å². The van der Waals surface area contributed by atoms with Crippen molar-refractivity contribution in [1.82, 2.24) is 4.98 Å². The lowest BCUT2D eigenvalue weighted by Crippen LogP contribution is -2.33. The molecule has 5 heteroatoms. The van der Waals surface area contributed by atoms with Gasteiger partial charge in [0.05, 0.1) is 23.3 Å². The molecule has 2 aromatic rings. The van der Waals surface area contributed by atoms with Gasteiger partial charge in [0.1, 0.15) is 5.82 Å². The van der Waals surface area contributed by atoms with Gasteiger partial charge in [-0.15, -0.1) is 0 Å². The van der Waals surface area contributed by atoms with Gasteiger partial charge >= 0.3 is 0 Å². The van der Waals surface area contributed by atoms with Crippen molar-refractivity contribution in [2.24, 2.45) is 5.41 Å². The highest BCUT2D eigenvalue weighted by Crippen LogP contribution is 2.24. The molecule has 0 amide bonds. The second-order valence-corrected chi connectivity index (χ2v) is 6.53. The van der Waals surface area contributed by atoms with Crippen LogP contribution in [-0.4, -0.2) is 22.7 Å². The average Bonchev–Trinajstić information content (AvgIpc) is 2.42. The molecule has 1 aromatic heterocycles. The average molecular weight is 304 g/mol. The molecule has 21 heavy (non-hydrogen) atoms. The Hall–Kier alpha value is -1.83. The molecule has 110 valence electrons. The molecule has 1 heterocycles. The number of rotatable bonds is 3. The van der Waals surface area contributed by atoms with E-state index in [-0.39, 0.29) is 5.41 Å². The first kappa shape index (κ1) is 15.6. The van der Waals surface area contributed by atoms with Gasteiger partial charge in [0.15, 0.2) is 0 Å². The van der Waals surface area contributed by atoms with E-state index in [4.69, 9.17) is 11.6 Å². The number of aromatic nitrogens is 1. The van der Waals surface area contributed by atoms with E-state index in [2.05, 4.69) is 16.4 Å². The molecule has 1 unspecified atom stereocenters. The molecule has 1 aromatic carbocycles. The van der Waals surface area contributed by atoms with Crippen molar-refractivity contribution in [3.05, 3.63) is 34.9 Å². The number of nitriles is 1.